The molecule has 0 spiro atoms. The average Bonchev–Trinajstić information content (AvgIpc) is 2.34. The molecule has 0 bridgehead atoms. The fourth-order valence-electron chi connectivity index (χ4n) is 0.576. The monoisotopic (exact) mass is 126 g/mol. The van der Waals surface area contributed by atoms with Crippen molar-refractivity contribution in [3.05, 3.63) is 18.2 Å². The maximum atomic E-state index is 5.11. The molecule has 0 atom stereocenters. The fraction of sp³-hybridized carbons (Fsp3) is 0.500. The van der Waals surface area contributed by atoms with E-state index in [0.717, 1.165) is 12.3 Å². The molecular formula is C6H10N2O. The van der Waals surface area contributed by atoms with Gasteiger partial charge >= 0.3 is 0 Å². The third kappa shape index (κ3) is 1.85. The van der Waals surface area contributed by atoms with E-state index in [1.54, 1.807) is 12.5 Å². The molecule has 0 radical (unpaired) electrons. The van der Waals surface area contributed by atoms with Gasteiger partial charge in [-0.25, -0.2) is 4.98 Å². The molecule has 0 fully saturated rings. The van der Waals surface area contributed by atoms with E-state index in [9.17, 15) is 0 Å². The van der Waals surface area contributed by atoms with Gasteiger partial charge in [-0.3, -0.25) is 0 Å². The van der Waals surface area contributed by atoms with Crippen LogP contribution in [0.2, 0.25) is 0 Å². The minimum Gasteiger partial charge on any atom is -0.375 e. The molecule has 0 aliphatic carbocycles. The van der Waals surface area contributed by atoms with Crippen LogP contribution in [0, 0.1) is 0 Å². The first-order chi connectivity index (χ1) is 4.43. The number of imidazole rings is 1. The third-order valence-corrected chi connectivity index (χ3v) is 1.02. The van der Waals surface area contributed by atoms with Gasteiger partial charge in [-0.15, -0.1) is 0 Å². The van der Waals surface area contributed by atoms with Crippen molar-refractivity contribution in [2.24, 2.45) is 0 Å². The second kappa shape index (κ2) is 3.25. The van der Waals surface area contributed by atoms with E-state index in [1.807, 2.05) is 6.92 Å². The van der Waals surface area contributed by atoms with Gasteiger partial charge < -0.3 is 9.72 Å². The molecule has 1 N–H and O–H groups in total. The van der Waals surface area contributed by atoms with E-state index in [1.165, 1.54) is 0 Å². The largest absolute Gasteiger partial charge is 0.375 e. The van der Waals surface area contributed by atoms with Crippen LogP contribution in [0.4, 0.5) is 0 Å². The fourth-order valence-corrected chi connectivity index (χ4v) is 0.576. The van der Waals surface area contributed by atoms with Crippen LogP contribution in [-0.2, 0) is 11.3 Å². The Balaban J connectivity index is 2.30. The third-order valence-electron chi connectivity index (χ3n) is 1.02. The molecule has 0 saturated carbocycles. The topological polar surface area (TPSA) is 37.9 Å². The number of H-pyrrole nitrogens is 1. The first-order valence-corrected chi connectivity index (χ1v) is 2.98. The molecule has 0 amide bonds. The lowest BCUT2D eigenvalue weighted by Gasteiger charge is -1.94. The summed E-state index contributed by atoms with van der Waals surface area (Å²) >= 11 is 0. The number of hydrogen-bond acceptors (Lipinski definition) is 2. The number of ether oxygens (including phenoxy) is 1. The molecule has 0 saturated heterocycles. The number of rotatable bonds is 3. The van der Waals surface area contributed by atoms with Gasteiger partial charge in [-0.05, 0) is 6.92 Å². The van der Waals surface area contributed by atoms with Gasteiger partial charge in [0.25, 0.3) is 0 Å². The molecular weight excluding hydrogens is 116 g/mol. The van der Waals surface area contributed by atoms with Gasteiger partial charge in [-0.2, -0.15) is 0 Å². The van der Waals surface area contributed by atoms with E-state index < -0.39 is 0 Å². The second-order valence-corrected chi connectivity index (χ2v) is 1.71. The van der Waals surface area contributed by atoms with Crippen LogP contribution in [0.5, 0.6) is 0 Å². The Hall–Kier alpha value is -0.830. The van der Waals surface area contributed by atoms with E-state index in [-0.39, 0.29) is 0 Å². The number of nitrogens with one attached hydrogen (secondary N) is 1. The normalized spacial score (nSPS) is 9.89. The van der Waals surface area contributed by atoms with Crippen LogP contribution >= 0.6 is 0 Å². The molecule has 3 heteroatoms. The van der Waals surface area contributed by atoms with Gasteiger partial charge in [0, 0.05) is 6.61 Å². The second-order valence-electron chi connectivity index (χ2n) is 1.71. The lowest BCUT2D eigenvalue weighted by Crippen LogP contribution is -1.90. The van der Waals surface area contributed by atoms with Crippen molar-refractivity contribution >= 4 is 0 Å². The minimum atomic E-state index is 0.635. The Morgan fingerprint density at radius 2 is 2.67 bits per heavy atom. The zero-order chi connectivity index (χ0) is 6.53. The van der Waals surface area contributed by atoms with Crippen LogP contribution in [0.15, 0.2) is 12.5 Å². The maximum Gasteiger partial charge on any atom is 0.0922 e. The van der Waals surface area contributed by atoms with Gasteiger partial charge in [0.1, 0.15) is 0 Å². The SMILES string of the molecule is CCOCc1cnc[nH]1. The summed E-state index contributed by atoms with van der Waals surface area (Å²) < 4.78 is 5.11. The van der Waals surface area contributed by atoms with Crippen LogP contribution in [0.25, 0.3) is 0 Å². The highest BCUT2D eigenvalue weighted by molar-refractivity contribution is 4.90. The summed E-state index contributed by atoms with van der Waals surface area (Å²) in [5, 5.41) is 0. The molecule has 1 aromatic heterocycles. The molecule has 0 aliphatic rings. The highest BCUT2D eigenvalue weighted by atomic mass is 16.5. The van der Waals surface area contributed by atoms with Gasteiger partial charge in [0.15, 0.2) is 0 Å². The Bertz CT molecular complexity index is 148. The predicted octanol–water partition coefficient (Wildman–Crippen LogP) is 0.946. The molecule has 1 heterocycles. The first-order valence-electron chi connectivity index (χ1n) is 2.98. The summed E-state index contributed by atoms with van der Waals surface area (Å²) in [6.07, 6.45) is 3.41. The van der Waals surface area contributed by atoms with E-state index >= 15 is 0 Å². The number of aromatic amines is 1. The lowest BCUT2D eigenvalue weighted by atomic mass is 10.5. The highest BCUT2D eigenvalue weighted by Crippen LogP contribution is 1.92. The predicted molar refractivity (Wildman–Crippen MR) is 33.9 cm³/mol. The van der Waals surface area contributed by atoms with Crippen LogP contribution in [0.1, 0.15) is 12.6 Å². The van der Waals surface area contributed by atoms with E-state index in [2.05, 4.69) is 9.97 Å². The van der Waals surface area contributed by atoms with Crippen molar-refractivity contribution in [3.63, 3.8) is 0 Å². The first kappa shape index (κ1) is 6.29. The van der Waals surface area contributed by atoms with Crippen molar-refractivity contribution in [2.45, 2.75) is 13.5 Å². The molecule has 9 heavy (non-hydrogen) atoms. The number of aromatic nitrogens is 2. The minimum absolute atomic E-state index is 0.635. The summed E-state index contributed by atoms with van der Waals surface area (Å²) in [5.74, 6) is 0. The highest BCUT2D eigenvalue weighted by Gasteiger charge is 1.89. The molecule has 3 nitrogen and oxygen atoms in total. The van der Waals surface area contributed by atoms with Gasteiger partial charge in [-0.1, -0.05) is 0 Å². The summed E-state index contributed by atoms with van der Waals surface area (Å²) in [4.78, 5) is 6.78. The quantitative estimate of drug-likeness (QED) is 0.654. The number of nitrogens with zero attached hydrogens (tertiary/aromatic N) is 1. The standard InChI is InChI=1S/C6H10N2O/c1-2-9-4-6-3-7-5-8-6/h3,5H,2,4H2,1H3,(H,7,8). The maximum absolute atomic E-state index is 5.11. The Morgan fingerprint density at radius 1 is 1.78 bits per heavy atom. The molecule has 0 unspecified atom stereocenters. The molecule has 1 aromatic rings. The Labute approximate surface area is 54.1 Å². The number of hydrogen-bond donors (Lipinski definition) is 1. The average molecular weight is 126 g/mol. The van der Waals surface area contributed by atoms with Crippen molar-refractivity contribution in [1.82, 2.24) is 9.97 Å². The zero-order valence-corrected chi connectivity index (χ0v) is 5.42. The lowest BCUT2D eigenvalue weighted by molar-refractivity contribution is 0.131. The Morgan fingerprint density at radius 3 is 3.22 bits per heavy atom. The molecule has 0 aromatic carbocycles. The van der Waals surface area contributed by atoms with Crippen molar-refractivity contribution < 1.29 is 4.74 Å². The molecule has 50 valence electrons. The summed E-state index contributed by atoms with van der Waals surface area (Å²) in [7, 11) is 0. The summed E-state index contributed by atoms with van der Waals surface area (Å²) in [6.45, 7) is 3.35. The van der Waals surface area contributed by atoms with Gasteiger partial charge in [0.05, 0.1) is 24.8 Å². The van der Waals surface area contributed by atoms with Gasteiger partial charge in [0.2, 0.25) is 0 Å². The van der Waals surface area contributed by atoms with Crippen LogP contribution in [0.3, 0.4) is 0 Å². The summed E-state index contributed by atoms with van der Waals surface area (Å²) in [5.41, 5.74) is 1.02. The van der Waals surface area contributed by atoms with E-state index in [0.29, 0.717) is 6.61 Å². The van der Waals surface area contributed by atoms with E-state index in [4.69, 9.17) is 4.74 Å². The zero-order valence-electron chi connectivity index (χ0n) is 5.42. The Kier molecular flexibility index (Phi) is 2.27. The van der Waals surface area contributed by atoms with Crippen molar-refractivity contribution in [1.29, 1.82) is 0 Å². The smallest absolute Gasteiger partial charge is 0.0922 e. The van der Waals surface area contributed by atoms with Crippen molar-refractivity contribution in [2.75, 3.05) is 6.61 Å². The molecule has 0 aliphatic heterocycles. The molecule has 1 rings (SSSR count). The van der Waals surface area contributed by atoms with Crippen molar-refractivity contribution in [3.8, 4) is 0 Å². The summed E-state index contributed by atoms with van der Waals surface area (Å²) in [6, 6.07) is 0. The van der Waals surface area contributed by atoms with Crippen LogP contribution < -0.4 is 0 Å². The van der Waals surface area contributed by atoms with Crippen LogP contribution in [-0.4, -0.2) is 16.6 Å².